The minimum Gasteiger partial charge on any atom is -1.00 e. The van der Waals surface area contributed by atoms with Crippen molar-refractivity contribution in [1.29, 1.82) is 0 Å². The molecule has 0 aliphatic carbocycles. The Labute approximate surface area is 344 Å². The number of carbonyl (C=O) groups is 5. The van der Waals surface area contributed by atoms with Gasteiger partial charge in [-0.2, -0.15) is 0 Å². The van der Waals surface area contributed by atoms with E-state index in [2.05, 4.69) is 40.3 Å². The number of aromatic hydroxyl groups is 1. The number of ether oxygens (including phenoxy) is 5. The second-order valence-corrected chi connectivity index (χ2v) is 6.95. The first-order valence-electron chi connectivity index (χ1n) is 11.8. The first-order valence-corrected chi connectivity index (χ1v) is 12.9. The van der Waals surface area contributed by atoms with Gasteiger partial charge in [-0.15, -0.1) is 0 Å². The fourth-order valence-corrected chi connectivity index (χ4v) is 2.31. The number of halogens is 1. The third kappa shape index (κ3) is 25.9. The Morgan fingerprint density at radius 2 is 1.28 bits per heavy atom. The first-order chi connectivity index (χ1) is 19.7. The number of hydrogen-bond acceptors (Lipinski definition) is 15. The second-order valence-electron chi connectivity index (χ2n) is 6.39. The molecular formula is C25H33BrK2N2O13. The summed E-state index contributed by atoms with van der Waals surface area (Å²) >= 11 is 2.94. The Balaban J connectivity index is -0.000000170. The van der Waals surface area contributed by atoms with Gasteiger partial charge in [0.05, 0.1) is 26.4 Å². The van der Waals surface area contributed by atoms with Crippen molar-refractivity contribution in [3.8, 4) is 11.5 Å². The molecule has 18 heteroatoms. The Kier molecular flexibility index (Phi) is 38.5. The third-order valence-corrected chi connectivity index (χ3v) is 4.06. The number of alkyl halides is 1. The van der Waals surface area contributed by atoms with Crippen LogP contribution < -0.4 is 113 Å². The Morgan fingerprint density at radius 1 is 0.837 bits per heavy atom. The zero-order chi connectivity index (χ0) is 31.5. The van der Waals surface area contributed by atoms with Gasteiger partial charge in [0.25, 0.3) is 6.47 Å². The number of nitrogens with zero attached hydrogens (tertiary/aromatic N) is 2. The van der Waals surface area contributed by atoms with Crippen molar-refractivity contribution < 1.29 is 167 Å². The monoisotopic (exact) mass is 726 g/mol. The Bertz CT molecular complexity index is 1070. The van der Waals surface area contributed by atoms with Gasteiger partial charge in [-0.25, -0.2) is 24.4 Å². The maximum Gasteiger partial charge on any atom is 1.00 e. The number of hydrogen-bond donors (Lipinski definition) is 1. The van der Waals surface area contributed by atoms with E-state index in [0.717, 1.165) is 0 Å². The van der Waals surface area contributed by atoms with Crippen LogP contribution in [0, 0.1) is 0 Å². The SMILES string of the molecule is CCOC(=O)CBr.CCOC(=O)COc1cccnc1C(=O)OCC.CCOC(=O)c1ncccc1O.O=CO[O-].[H-].[K+].[K+]. The molecular weight excluding hydrogens is 694 g/mol. The molecule has 2 aromatic heterocycles. The molecule has 1 N–H and O–H groups in total. The van der Waals surface area contributed by atoms with Crippen LogP contribution in [0.25, 0.3) is 0 Å². The summed E-state index contributed by atoms with van der Waals surface area (Å²) in [4.78, 5) is 62.6. The number of carbonyl (C=O) groups excluding carboxylic acids is 5. The van der Waals surface area contributed by atoms with Gasteiger partial charge in [0.15, 0.2) is 23.7 Å². The zero-order valence-electron chi connectivity index (χ0n) is 25.9. The maximum absolute atomic E-state index is 11.6. The van der Waals surface area contributed by atoms with Gasteiger partial charge in [0.2, 0.25) is 0 Å². The van der Waals surface area contributed by atoms with E-state index in [1.807, 2.05) is 0 Å². The van der Waals surface area contributed by atoms with Crippen molar-refractivity contribution in [1.82, 2.24) is 9.97 Å². The largest absolute Gasteiger partial charge is 1.00 e. The molecule has 0 unspecified atom stereocenters. The van der Waals surface area contributed by atoms with Crippen molar-refractivity contribution in [3.63, 3.8) is 0 Å². The van der Waals surface area contributed by atoms with Gasteiger partial charge in [-0.3, -0.25) is 9.59 Å². The predicted octanol–water partition coefficient (Wildman–Crippen LogP) is -4.34. The number of aromatic nitrogens is 2. The van der Waals surface area contributed by atoms with E-state index in [-0.39, 0.29) is 166 Å². The van der Waals surface area contributed by atoms with Gasteiger partial charge in [-0.1, -0.05) is 15.9 Å². The van der Waals surface area contributed by atoms with E-state index < -0.39 is 17.9 Å². The van der Waals surface area contributed by atoms with Gasteiger partial charge in [-0.05, 0) is 52.0 Å². The summed E-state index contributed by atoms with van der Waals surface area (Å²) < 4.78 is 23.9. The van der Waals surface area contributed by atoms with E-state index in [1.54, 1.807) is 39.8 Å². The summed E-state index contributed by atoms with van der Waals surface area (Å²) in [6.07, 6.45) is 2.87. The van der Waals surface area contributed by atoms with Crippen LogP contribution in [-0.4, -0.2) is 83.8 Å². The first kappa shape index (κ1) is 48.9. The number of esters is 4. The van der Waals surface area contributed by atoms with Crippen molar-refractivity contribution in [2.75, 3.05) is 38.4 Å². The average Bonchev–Trinajstić information content (AvgIpc) is 2.97. The molecule has 0 spiro atoms. The quantitative estimate of drug-likeness (QED) is 0.0441. The topological polar surface area (TPSA) is 210 Å². The molecule has 0 fully saturated rings. The molecule has 230 valence electrons. The van der Waals surface area contributed by atoms with Crippen molar-refractivity contribution in [2.24, 2.45) is 0 Å². The van der Waals surface area contributed by atoms with Crippen molar-refractivity contribution in [3.05, 3.63) is 48.0 Å². The molecule has 43 heavy (non-hydrogen) atoms. The van der Waals surface area contributed by atoms with Gasteiger partial charge < -0.3 is 40.4 Å². The van der Waals surface area contributed by atoms with E-state index >= 15 is 0 Å². The van der Waals surface area contributed by atoms with Gasteiger partial charge in [0.1, 0.15) is 11.1 Å². The molecule has 15 nitrogen and oxygen atoms in total. The van der Waals surface area contributed by atoms with Crippen LogP contribution in [0.15, 0.2) is 36.7 Å². The minimum atomic E-state index is -0.601. The smallest absolute Gasteiger partial charge is 1.00 e. The number of pyridine rings is 2. The standard InChI is InChI=1S/C12H15NO5.C8H9NO3.C4H7BrO2.CH2O3.2K.H/c1-3-16-10(14)8-18-9-6-5-7-13-11(9)12(15)17-4-2;1-2-12-8(11)7-6(10)4-3-5-9-7;1-2-7-4(6)3-5;2-1-4-3;;;/h5-7H,3-4,8H2,1-2H3;3-5,10H,2H2,1H3;2-3H2,1H3;1,3H;;;/q;;;;2*+1;-1/p-1. The van der Waals surface area contributed by atoms with E-state index in [0.29, 0.717) is 11.9 Å². The molecule has 0 aliphatic heterocycles. The van der Waals surface area contributed by atoms with E-state index in [4.69, 9.17) is 29.4 Å². The van der Waals surface area contributed by atoms with Crippen LogP contribution >= 0.6 is 15.9 Å². The third-order valence-electron chi connectivity index (χ3n) is 3.60. The molecule has 0 bridgehead atoms. The summed E-state index contributed by atoms with van der Waals surface area (Å²) in [5.41, 5.74) is 0.00278. The van der Waals surface area contributed by atoms with Crippen LogP contribution in [0.5, 0.6) is 11.5 Å². The molecule has 2 aromatic rings. The molecule has 0 atom stereocenters. The number of rotatable bonds is 11. The van der Waals surface area contributed by atoms with Crippen LogP contribution in [0.3, 0.4) is 0 Å². The molecule has 0 saturated heterocycles. The molecule has 0 aromatic carbocycles. The van der Waals surface area contributed by atoms with Crippen molar-refractivity contribution >= 4 is 46.3 Å². The fraction of sp³-hybridized carbons (Fsp3) is 0.400. The molecule has 0 saturated carbocycles. The second kappa shape index (κ2) is 33.8. The Hall–Kier alpha value is -1.04. The summed E-state index contributed by atoms with van der Waals surface area (Å²) in [5, 5.41) is 17.9. The van der Waals surface area contributed by atoms with E-state index in [9.17, 15) is 19.2 Å². The van der Waals surface area contributed by atoms with Gasteiger partial charge >= 0.3 is 127 Å². The molecule has 2 rings (SSSR count). The molecule has 0 amide bonds. The summed E-state index contributed by atoms with van der Waals surface area (Å²) in [5.74, 6) is -1.86. The molecule has 0 aliphatic rings. The molecule has 2 heterocycles. The van der Waals surface area contributed by atoms with Gasteiger partial charge in [0, 0.05) is 12.4 Å². The van der Waals surface area contributed by atoms with Crippen LogP contribution in [0.4, 0.5) is 0 Å². The van der Waals surface area contributed by atoms with Crippen molar-refractivity contribution in [2.45, 2.75) is 27.7 Å². The average molecular weight is 728 g/mol. The fourth-order valence-electron chi connectivity index (χ4n) is 2.15. The summed E-state index contributed by atoms with van der Waals surface area (Å²) in [6, 6.07) is 6.07. The summed E-state index contributed by atoms with van der Waals surface area (Å²) in [6.45, 7) is 7.67. The van der Waals surface area contributed by atoms with Crippen LogP contribution in [0.2, 0.25) is 0 Å². The van der Waals surface area contributed by atoms with Crippen LogP contribution in [-0.2, 0) is 38.2 Å². The maximum atomic E-state index is 11.6. The van der Waals surface area contributed by atoms with Crippen LogP contribution in [0.1, 0.15) is 50.1 Å². The predicted molar refractivity (Wildman–Crippen MR) is 143 cm³/mol. The van der Waals surface area contributed by atoms with E-state index in [1.165, 1.54) is 24.5 Å². The summed E-state index contributed by atoms with van der Waals surface area (Å²) in [7, 11) is 0. The Morgan fingerprint density at radius 3 is 1.70 bits per heavy atom. The minimum absolute atomic E-state index is 0. The normalized spacial score (nSPS) is 8.51. The zero-order valence-corrected chi connectivity index (χ0v) is 32.7. The molecule has 0 radical (unpaired) electrons.